The van der Waals surface area contributed by atoms with Crippen LogP contribution in [-0.4, -0.2) is 21.9 Å². The smallest absolute Gasteiger partial charge is 0.300 e. The summed E-state index contributed by atoms with van der Waals surface area (Å²) in [6, 6.07) is 3.03. The van der Waals surface area contributed by atoms with Gasteiger partial charge in [0.1, 0.15) is 17.6 Å². The Morgan fingerprint density at radius 2 is 2.38 bits per heavy atom. The Morgan fingerprint density at radius 1 is 1.62 bits per heavy atom. The summed E-state index contributed by atoms with van der Waals surface area (Å²) in [5.74, 6) is -0.463. The second-order valence-electron chi connectivity index (χ2n) is 4.59. The summed E-state index contributed by atoms with van der Waals surface area (Å²) >= 11 is 1.58. The van der Waals surface area contributed by atoms with Crippen LogP contribution < -0.4 is 11.1 Å². The Bertz CT molecular complexity index is 657. The number of anilines is 1. The summed E-state index contributed by atoms with van der Waals surface area (Å²) in [4.78, 5) is 26.1. The third-order valence-electron chi connectivity index (χ3n) is 2.84. The molecular formula is C13H14N4O3S. The predicted molar refractivity (Wildman–Crippen MR) is 80.3 cm³/mol. The molecule has 3 N–H and O–H groups in total. The summed E-state index contributed by atoms with van der Waals surface area (Å²) in [5.41, 5.74) is 6.17. The summed E-state index contributed by atoms with van der Waals surface area (Å²) in [6.45, 7) is 1.84. The average Bonchev–Trinajstić information content (AvgIpc) is 2.90. The van der Waals surface area contributed by atoms with Crippen LogP contribution in [0.5, 0.6) is 0 Å². The van der Waals surface area contributed by atoms with Crippen LogP contribution in [0.15, 0.2) is 29.1 Å². The fourth-order valence-electron chi connectivity index (χ4n) is 1.91. The normalized spacial score (nSPS) is 11.9. The van der Waals surface area contributed by atoms with Crippen molar-refractivity contribution in [2.24, 2.45) is 0 Å². The standard InChI is InChI=1S/C13H14N4O3S/c1-8(4-9-2-3-21-7-9)16-13(18)10-5-12(14)15-6-11(10)17(19)20/h2-3,5-8H,4H2,1H3,(H2,14,15)(H,16,18). The van der Waals surface area contributed by atoms with E-state index >= 15 is 0 Å². The quantitative estimate of drug-likeness (QED) is 0.648. The van der Waals surface area contributed by atoms with Gasteiger partial charge >= 0.3 is 0 Å². The molecule has 0 aliphatic heterocycles. The van der Waals surface area contributed by atoms with Crippen molar-refractivity contribution in [1.29, 1.82) is 0 Å². The second-order valence-corrected chi connectivity index (χ2v) is 5.37. The summed E-state index contributed by atoms with van der Waals surface area (Å²) in [5, 5.41) is 17.6. The third-order valence-corrected chi connectivity index (χ3v) is 3.58. The largest absolute Gasteiger partial charge is 0.384 e. The van der Waals surface area contributed by atoms with Gasteiger partial charge in [0.15, 0.2) is 0 Å². The molecule has 1 unspecified atom stereocenters. The zero-order valence-electron chi connectivity index (χ0n) is 11.3. The van der Waals surface area contributed by atoms with E-state index in [9.17, 15) is 14.9 Å². The second kappa shape index (κ2) is 6.31. The van der Waals surface area contributed by atoms with Crippen LogP contribution in [0.2, 0.25) is 0 Å². The van der Waals surface area contributed by atoms with Gasteiger partial charge in [-0.25, -0.2) is 4.98 Å². The molecule has 0 spiro atoms. The van der Waals surface area contributed by atoms with Crippen molar-refractivity contribution in [2.45, 2.75) is 19.4 Å². The molecular weight excluding hydrogens is 292 g/mol. The summed E-state index contributed by atoms with van der Waals surface area (Å²) < 4.78 is 0. The molecule has 110 valence electrons. The molecule has 0 saturated heterocycles. The van der Waals surface area contributed by atoms with Crippen molar-refractivity contribution < 1.29 is 9.72 Å². The molecule has 2 heterocycles. The number of aromatic nitrogens is 1. The number of nitrogens with zero attached hydrogens (tertiary/aromatic N) is 2. The lowest BCUT2D eigenvalue weighted by molar-refractivity contribution is -0.385. The average molecular weight is 306 g/mol. The molecule has 2 aromatic heterocycles. The molecule has 0 radical (unpaired) electrons. The lowest BCUT2D eigenvalue weighted by Gasteiger charge is -2.13. The van der Waals surface area contributed by atoms with Gasteiger partial charge < -0.3 is 11.1 Å². The van der Waals surface area contributed by atoms with Gasteiger partial charge in [-0.1, -0.05) is 0 Å². The predicted octanol–water partition coefficient (Wildman–Crippen LogP) is 1.99. The Balaban J connectivity index is 2.12. The lowest BCUT2D eigenvalue weighted by atomic mass is 10.1. The van der Waals surface area contributed by atoms with Crippen LogP contribution in [0.3, 0.4) is 0 Å². The molecule has 0 aliphatic rings. The van der Waals surface area contributed by atoms with Gasteiger partial charge in [-0.15, -0.1) is 0 Å². The van der Waals surface area contributed by atoms with Gasteiger partial charge in [0, 0.05) is 6.04 Å². The van der Waals surface area contributed by atoms with Crippen molar-refractivity contribution in [2.75, 3.05) is 5.73 Å². The maximum Gasteiger partial charge on any atom is 0.300 e. The first-order chi connectivity index (χ1) is 9.97. The van der Waals surface area contributed by atoms with Crippen LogP contribution in [0.25, 0.3) is 0 Å². The van der Waals surface area contributed by atoms with Gasteiger partial charge in [-0.3, -0.25) is 14.9 Å². The van der Waals surface area contributed by atoms with E-state index in [0.29, 0.717) is 6.42 Å². The van der Waals surface area contributed by atoms with Gasteiger partial charge in [-0.05, 0) is 41.8 Å². The number of nitrogens with two attached hydrogens (primary N) is 1. The molecule has 0 saturated carbocycles. The van der Waals surface area contributed by atoms with Crippen molar-refractivity contribution in [3.8, 4) is 0 Å². The number of pyridine rings is 1. The number of carbonyl (C=O) groups is 1. The minimum absolute atomic E-state index is 0.0660. The van der Waals surface area contributed by atoms with Crippen molar-refractivity contribution in [3.63, 3.8) is 0 Å². The highest BCUT2D eigenvalue weighted by Crippen LogP contribution is 2.19. The fourth-order valence-corrected chi connectivity index (χ4v) is 2.59. The van der Waals surface area contributed by atoms with E-state index in [0.717, 1.165) is 11.8 Å². The van der Waals surface area contributed by atoms with Crippen LogP contribution in [0.1, 0.15) is 22.8 Å². The first-order valence-corrected chi connectivity index (χ1v) is 7.13. The minimum atomic E-state index is -0.648. The van der Waals surface area contributed by atoms with E-state index in [4.69, 9.17) is 5.73 Å². The Kier molecular flexibility index (Phi) is 4.49. The maximum absolute atomic E-state index is 12.2. The number of hydrogen-bond donors (Lipinski definition) is 2. The first kappa shape index (κ1) is 14.9. The van der Waals surface area contributed by atoms with E-state index in [1.54, 1.807) is 11.3 Å². The Labute approximate surface area is 125 Å². The number of thiophene rings is 1. The number of nitro groups is 1. The molecule has 2 aromatic rings. The highest BCUT2D eigenvalue weighted by atomic mass is 32.1. The SMILES string of the molecule is CC(Cc1ccsc1)NC(=O)c1cc(N)ncc1[N+](=O)[O-]. The van der Waals surface area contributed by atoms with Crippen LogP contribution in [-0.2, 0) is 6.42 Å². The monoisotopic (exact) mass is 306 g/mol. The zero-order chi connectivity index (χ0) is 15.4. The fraction of sp³-hybridized carbons (Fsp3) is 0.231. The van der Waals surface area contributed by atoms with Crippen LogP contribution in [0.4, 0.5) is 11.5 Å². The molecule has 21 heavy (non-hydrogen) atoms. The minimum Gasteiger partial charge on any atom is -0.384 e. The number of carbonyl (C=O) groups excluding carboxylic acids is 1. The van der Waals surface area contributed by atoms with Gasteiger partial charge in [0.05, 0.1) is 4.92 Å². The number of nitrogen functional groups attached to an aromatic ring is 1. The molecule has 1 atom stereocenters. The molecule has 7 nitrogen and oxygen atoms in total. The lowest BCUT2D eigenvalue weighted by Crippen LogP contribution is -2.34. The molecule has 0 aromatic carbocycles. The van der Waals surface area contributed by atoms with Crippen molar-refractivity contribution >= 4 is 28.7 Å². The van der Waals surface area contributed by atoms with Crippen molar-refractivity contribution in [1.82, 2.24) is 10.3 Å². The van der Waals surface area contributed by atoms with Gasteiger partial charge in [0.2, 0.25) is 0 Å². The Hall–Kier alpha value is -2.48. The first-order valence-electron chi connectivity index (χ1n) is 6.19. The van der Waals surface area contributed by atoms with E-state index in [2.05, 4.69) is 10.3 Å². The molecule has 8 heteroatoms. The zero-order valence-corrected chi connectivity index (χ0v) is 12.1. The van der Waals surface area contributed by atoms with E-state index in [1.165, 1.54) is 6.07 Å². The molecule has 1 amide bonds. The van der Waals surface area contributed by atoms with E-state index in [1.807, 2.05) is 23.8 Å². The maximum atomic E-state index is 12.2. The van der Waals surface area contributed by atoms with E-state index in [-0.39, 0.29) is 23.1 Å². The van der Waals surface area contributed by atoms with Crippen LogP contribution in [0, 0.1) is 10.1 Å². The summed E-state index contributed by atoms with van der Waals surface area (Å²) in [7, 11) is 0. The van der Waals surface area contributed by atoms with Crippen molar-refractivity contribution in [3.05, 3.63) is 50.3 Å². The molecule has 0 bridgehead atoms. The number of nitrogens with one attached hydrogen (secondary N) is 1. The van der Waals surface area contributed by atoms with Gasteiger partial charge in [-0.2, -0.15) is 11.3 Å². The highest BCUT2D eigenvalue weighted by molar-refractivity contribution is 7.07. The number of rotatable bonds is 5. The third kappa shape index (κ3) is 3.76. The van der Waals surface area contributed by atoms with Gasteiger partial charge in [0.25, 0.3) is 11.6 Å². The topological polar surface area (TPSA) is 111 Å². The van der Waals surface area contributed by atoms with Crippen LogP contribution >= 0.6 is 11.3 Å². The van der Waals surface area contributed by atoms with E-state index < -0.39 is 10.8 Å². The summed E-state index contributed by atoms with van der Waals surface area (Å²) in [6.07, 6.45) is 1.65. The molecule has 2 rings (SSSR count). The number of hydrogen-bond acceptors (Lipinski definition) is 6. The highest BCUT2D eigenvalue weighted by Gasteiger charge is 2.22. The Morgan fingerprint density at radius 3 is 3.00 bits per heavy atom. The number of amides is 1. The molecule has 0 aliphatic carbocycles. The molecule has 0 fully saturated rings.